The number of aromatic nitrogens is 3. The molecule has 9 heteroatoms. The van der Waals surface area contributed by atoms with Crippen molar-refractivity contribution in [1.82, 2.24) is 14.5 Å². The first-order chi connectivity index (χ1) is 15.3. The van der Waals surface area contributed by atoms with E-state index in [4.69, 9.17) is 9.97 Å². The van der Waals surface area contributed by atoms with E-state index >= 15 is 0 Å². The molecule has 1 fully saturated rings. The molecule has 1 N–H and O–H groups in total. The number of fused-ring (bicyclic) bond motifs is 1. The summed E-state index contributed by atoms with van der Waals surface area (Å²) < 4.78 is 2.26. The molecule has 1 saturated heterocycles. The van der Waals surface area contributed by atoms with Gasteiger partial charge in [-0.1, -0.05) is 42.2 Å². The zero-order valence-electron chi connectivity index (χ0n) is 18.9. The number of piperidine rings is 1. The van der Waals surface area contributed by atoms with Gasteiger partial charge in [-0.3, -0.25) is 14.2 Å². The summed E-state index contributed by atoms with van der Waals surface area (Å²) in [6.45, 7) is 10.1. The van der Waals surface area contributed by atoms with E-state index in [1.807, 2.05) is 45.0 Å². The number of hydrogen-bond donors (Lipinski definition) is 1. The Kier molecular flexibility index (Phi) is 6.85. The molecule has 0 saturated carbocycles. The van der Waals surface area contributed by atoms with Gasteiger partial charge in [0.1, 0.15) is 4.70 Å². The second-order valence-electron chi connectivity index (χ2n) is 8.69. The number of carbonyl (C=O) groups excluding carboxylic acids is 1. The van der Waals surface area contributed by atoms with Crippen LogP contribution in [-0.2, 0) is 4.79 Å². The Morgan fingerprint density at radius 2 is 2.03 bits per heavy atom. The molecule has 0 atom stereocenters. The summed E-state index contributed by atoms with van der Waals surface area (Å²) in [7, 11) is 0. The topological polar surface area (TPSA) is 80.1 Å². The number of thiazole rings is 1. The van der Waals surface area contributed by atoms with Crippen LogP contribution in [0, 0.1) is 12.8 Å². The highest BCUT2D eigenvalue weighted by molar-refractivity contribution is 7.99. The molecule has 7 nitrogen and oxygen atoms in total. The predicted octanol–water partition coefficient (Wildman–Crippen LogP) is 4.71. The zero-order chi connectivity index (χ0) is 22.8. The molecule has 2 aromatic heterocycles. The van der Waals surface area contributed by atoms with Crippen LogP contribution in [-0.4, -0.2) is 39.3 Å². The molecular weight excluding hydrogens is 442 g/mol. The minimum absolute atomic E-state index is 0.0666. The van der Waals surface area contributed by atoms with Crippen molar-refractivity contribution in [3.8, 4) is 0 Å². The molecule has 32 heavy (non-hydrogen) atoms. The lowest BCUT2D eigenvalue weighted by Gasteiger charge is -2.29. The van der Waals surface area contributed by atoms with Crippen molar-refractivity contribution in [2.24, 2.45) is 5.92 Å². The lowest BCUT2D eigenvalue weighted by molar-refractivity contribution is -0.113. The summed E-state index contributed by atoms with van der Waals surface area (Å²) in [5, 5.41) is 4.30. The van der Waals surface area contributed by atoms with Gasteiger partial charge in [-0.25, -0.2) is 4.98 Å². The van der Waals surface area contributed by atoms with Gasteiger partial charge in [0, 0.05) is 24.8 Å². The van der Waals surface area contributed by atoms with Gasteiger partial charge in [0.05, 0.1) is 5.75 Å². The van der Waals surface area contributed by atoms with Gasteiger partial charge < -0.3 is 10.2 Å². The van der Waals surface area contributed by atoms with Gasteiger partial charge in [0.15, 0.2) is 15.9 Å². The monoisotopic (exact) mass is 471 g/mol. The van der Waals surface area contributed by atoms with Crippen LogP contribution in [0.1, 0.15) is 45.2 Å². The second-order valence-corrected chi connectivity index (χ2v) is 10.6. The number of nitrogens with one attached hydrogen (secondary N) is 1. The van der Waals surface area contributed by atoms with Crippen molar-refractivity contribution in [3.63, 3.8) is 0 Å². The fraction of sp³-hybridized carbons (Fsp3) is 0.478. The number of thioether (sulfide) groups is 1. The second kappa shape index (κ2) is 9.62. The molecule has 0 radical (unpaired) electrons. The SMILES string of the molecule is Cc1cccc(NC(=O)CSc2nc3nc(N4CCC(C)CC4)sc3c(=O)n2C(C)C)c1. The minimum Gasteiger partial charge on any atom is -0.348 e. The molecule has 1 aliphatic heterocycles. The molecule has 0 spiro atoms. The summed E-state index contributed by atoms with van der Waals surface area (Å²) in [5.74, 6) is 0.761. The molecule has 1 amide bonds. The summed E-state index contributed by atoms with van der Waals surface area (Å²) in [5.41, 5.74) is 2.24. The van der Waals surface area contributed by atoms with Gasteiger partial charge in [-0.2, -0.15) is 4.98 Å². The zero-order valence-corrected chi connectivity index (χ0v) is 20.6. The van der Waals surface area contributed by atoms with Crippen molar-refractivity contribution in [2.75, 3.05) is 29.1 Å². The van der Waals surface area contributed by atoms with Crippen molar-refractivity contribution in [2.45, 2.75) is 51.7 Å². The average molecular weight is 472 g/mol. The molecule has 3 aromatic rings. The molecular formula is C23H29N5O2S2. The Hall–Kier alpha value is -2.39. The van der Waals surface area contributed by atoms with E-state index in [1.165, 1.54) is 23.1 Å². The number of hydrogen-bond acceptors (Lipinski definition) is 7. The van der Waals surface area contributed by atoms with Gasteiger partial charge in [0.2, 0.25) is 5.91 Å². The van der Waals surface area contributed by atoms with Crippen molar-refractivity contribution < 1.29 is 4.79 Å². The third-order valence-corrected chi connectivity index (χ3v) is 7.67. The van der Waals surface area contributed by atoms with Crippen LogP contribution in [0.2, 0.25) is 0 Å². The number of anilines is 2. The van der Waals surface area contributed by atoms with E-state index in [1.54, 1.807) is 4.57 Å². The highest BCUT2D eigenvalue weighted by Crippen LogP contribution is 2.31. The van der Waals surface area contributed by atoms with Crippen LogP contribution in [0.5, 0.6) is 0 Å². The average Bonchev–Trinajstić information content (AvgIpc) is 3.17. The number of carbonyl (C=O) groups is 1. The molecule has 0 aliphatic carbocycles. The molecule has 1 aromatic carbocycles. The standard InChI is InChI=1S/C23H29N5O2S2/c1-14(2)28-21(30)19-20(25-22(32-19)27-10-8-15(3)9-11-27)26-23(28)31-13-18(29)24-17-7-5-6-16(4)12-17/h5-7,12,14-15H,8-11,13H2,1-4H3,(H,24,29). The molecule has 0 unspecified atom stereocenters. The predicted molar refractivity (Wildman–Crippen MR) is 133 cm³/mol. The molecule has 4 rings (SSSR count). The summed E-state index contributed by atoms with van der Waals surface area (Å²) in [6.07, 6.45) is 2.27. The van der Waals surface area contributed by atoms with Gasteiger partial charge in [-0.05, 0) is 57.2 Å². The lowest BCUT2D eigenvalue weighted by Crippen LogP contribution is -2.32. The summed E-state index contributed by atoms with van der Waals surface area (Å²) in [6, 6.07) is 7.62. The highest BCUT2D eigenvalue weighted by Gasteiger charge is 2.23. The lowest BCUT2D eigenvalue weighted by atomic mass is 10.00. The first kappa shape index (κ1) is 22.8. The van der Waals surface area contributed by atoms with Gasteiger partial charge in [-0.15, -0.1) is 0 Å². The number of amides is 1. The van der Waals surface area contributed by atoms with Crippen molar-refractivity contribution in [3.05, 3.63) is 40.2 Å². The van der Waals surface area contributed by atoms with Gasteiger partial charge in [0.25, 0.3) is 5.56 Å². The normalized spacial score (nSPS) is 15.0. The van der Waals surface area contributed by atoms with E-state index in [2.05, 4.69) is 17.1 Å². The van der Waals surface area contributed by atoms with Crippen LogP contribution in [0.4, 0.5) is 10.8 Å². The van der Waals surface area contributed by atoms with Crippen molar-refractivity contribution >= 4 is 50.2 Å². The van der Waals surface area contributed by atoms with E-state index < -0.39 is 0 Å². The van der Waals surface area contributed by atoms with E-state index in [0.717, 1.165) is 48.2 Å². The van der Waals surface area contributed by atoms with Crippen LogP contribution in [0.3, 0.4) is 0 Å². The summed E-state index contributed by atoms with van der Waals surface area (Å²) >= 11 is 2.70. The Morgan fingerprint density at radius 1 is 1.28 bits per heavy atom. The van der Waals surface area contributed by atoms with Crippen LogP contribution < -0.4 is 15.8 Å². The number of rotatable bonds is 6. The number of benzene rings is 1. The maximum absolute atomic E-state index is 13.3. The third kappa shape index (κ3) is 4.99. The van der Waals surface area contributed by atoms with Crippen LogP contribution in [0.15, 0.2) is 34.2 Å². The number of aryl methyl sites for hydroxylation is 1. The van der Waals surface area contributed by atoms with E-state index in [0.29, 0.717) is 15.5 Å². The molecule has 1 aliphatic rings. The van der Waals surface area contributed by atoms with Gasteiger partial charge >= 0.3 is 0 Å². The molecule has 3 heterocycles. The fourth-order valence-electron chi connectivity index (χ4n) is 3.80. The third-order valence-electron chi connectivity index (χ3n) is 5.62. The van der Waals surface area contributed by atoms with Crippen molar-refractivity contribution in [1.29, 1.82) is 0 Å². The molecule has 170 valence electrons. The first-order valence-corrected chi connectivity index (χ1v) is 12.8. The number of nitrogens with zero attached hydrogens (tertiary/aromatic N) is 4. The fourth-order valence-corrected chi connectivity index (χ4v) is 5.71. The highest BCUT2D eigenvalue weighted by atomic mass is 32.2. The van der Waals surface area contributed by atoms with E-state index in [-0.39, 0.29) is 23.3 Å². The Balaban J connectivity index is 1.56. The quantitative estimate of drug-likeness (QED) is 0.414. The maximum atomic E-state index is 13.3. The van der Waals surface area contributed by atoms with Crippen LogP contribution in [0.25, 0.3) is 10.3 Å². The van der Waals surface area contributed by atoms with Crippen LogP contribution >= 0.6 is 23.1 Å². The Labute approximate surface area is 196 Å². The Morgan fingerprint density at radius 3 is 2.72 bits per heavy atom. The Bertz CT molecular complexity index is 1180. The van der Waals surface area contributed by atoms with E-state index in [9.17, 15) is 9.59 Å². The minimum atomic E-state index is -0.133. The smallest absolute Gasteiger partial charge is 0.274 e. The largest absolute Gasteiger partial charge is 0.348 e. The maximum Gasteiger partial charge on any atom is 0.274 e. The first-order valence-electron chi connectivity index (χ1n) is 11.0. The molecule has 0 bridgehead atoms. The summed E-state index contributed by atoms with van der Waals surface area (Å²) in [4.78, 5) is 37.4.